The molecule has 98 valence electrons. The molecule has 0 fully saturated rings. The second-order valence-electron chi connectivity index (χ2n) is 3.41. The van der Waals surface area contributed by atoms with Gasteiger partial charge in [-0.05, 0) is 40.2 Å². The van der Waals surface area contributed by atoms with Gasteiger partial charge in [-0.2, -0.15) is 5.10 Å². The van der Waals surface area contributed by atoms with Gasteiger partial charge in [0.1, 0.15) is 5.75 Å². The number of aromatic nitrogens is 2. The fourth-order valence-electron chi connectivity index (χ4n) is 1.31. The molecule has 0 aliphatic rings. The van der Waals surface area contributed by atoms with Crippen molar-refractivity contribution in [3.05, 3.63) is 45.5 Å². The van der Waals surface area contributed by atoms with E-state index in [9.17, 15) is 0 Å². The molecule has 0 unspecified atom stereocenters. The predicted molar refractivity (Wildman–Crippen MR) is 73.8 cm³/mol. The monoisotopic (exact) mass is 342 g/mol. The van der Waals surface area contributed by atoms with Crippen LogP contribution in [0.15, 0.2) is 40.1 Å². The minimum Gasteiger partial charge on any atom is -0.436 e. The molecule has 0 atom stereocenters. The Morgan fingerprint density at radius 3 is 2.89 bits per heavy atom. The van der Waals surface area contributed by atoms with E-state index in [1.165, 1.54) is 12.3 Å². The summed E-state index contributed by atoms with van der Waals surface area (Å²) in [5.41, 5.74) is 5.86. The molecule has 8 heteroatoms. The molecular weight excluding hydrogens is 336 g/mol. The van der Waals surface area contributed by atoms with E-state index >= 15 is 0 Å². The van der Waals surface area contributed by atoms with Crippen LogP contribution in [0.1, 0.15) is 5.56 Å². The van der Waals surface area contributed by atoms with Crippen LogP contribution in [0.5, 0.6) is 11.6 Å². The number of benzene rings is 1. The number of hydrogen-bond acceptors (Lipinski definition) is 5. The zero-order chi connectivity index (χ0) is 13.8. The maximum atomic E-state index is 8.70. The highest BCUT2D eigenvalue weighted by atomic mass is 79.9. The number of oxime groups is 1. The van der Waals surface area contributed by atoms with E-state index in [2.05, 4.69) is 31.3 Å². The van der Waals surface area contributed by atoms with Crippen molar-refractivity contribution in [1.29, 1.82) is 0 Å². The highest BCUT2D eigenvalue weighted by molar-refractivity contribution is 9.10. The largest absolute Gasteiger partial charge is 0.436 e. The van der Waals surface area contributed by atoms with Gasteiger partial charge in [-0.1, -0.05) is 16.8 Å². The van der Waals surface area contributed by atoms with Crippen LogP contribution >= 0.6 is 27.5 Å². The van der Waals surface area contributed by atoms with Crippen molar-refractivity contribution < 1.29 is 9.94 Å². The molecule has 1 heterocycles. The molecule has 2 rings (SSSR count). The van der Waals surface area contributed by atoms with Crippen LogP contribution < -0.4 is 10.5 Å². The first-order valence-corrected chi connectivity index (χ1v) is 6.21. The molecule has 0 aliphatic heterocycles. The lowest BCUT2D eigenvalue weighted by Gasteiger charge is -2.09. The van der Waals surface area contributed by atoms with Crippen LogP contribution in [0.4, 0.5) is 0 Å². The summed E-state index contributed by atoms with van der Waals surface area (Å²) in [7, 11) is 0. The second kappa shape index (κ2) is 5.85. The number of hydrogen-bond donors (Lipinski definition) is 2. The van der Waals surface area contributed by atoms with E-state index in [1.54, 1.807) is 18.2 Å². The standard InChI is InChI=1S/C11H8BrClN4O2/c12-8-5-6(13)1-2-9(8)19-11-7(10(14)17-18)3-4-15-16-11/h1-5,18H,(H2,14,17). The number of amidine groups is 1. The zero-order valence-electron chi connectivity index (χ0n) is 9.42. The van der Waals surface area contributed by atoms with E-state index < -0.39 is 0 Å². The Morgan fingerprint density at radius 2 is 2.21 bits per heavy atom. The molecule has 0 saturated heterocycles. The second-order valence-corrected chi connectivity index (χ2v) is 4.70. The average molecular weight is 344 g/mol. The molecule has 1 aromatic carbocycles. The molecule has 0 amide bonds. The number of nitrogens with two attached hydrogens (primary N) is 1. The average Bonchev–Trinajstić information content (AvgIpc) is 2.41. The number of nitrogens with zero attached hydrogens (tertiary/aromatic N) is 3. The van der Waals surface area contributed by atoms with Crippen LogP contribution in [-0.2, 0) is 0 Å². The Kier molecular flexibility index (Phi) is 4.18. The maximum Gasteiger partial charge on any atom is 0.250 e. The summed E-state index contributed by atoms with van der Waals surface area (Å²) in [6.07, 6.45) is 1.41. The highest BCUT2D eigenvalue weighted by Crippen LogP contribution is 2.32. The first kappa shape index (κ1) is 13.6. The van der Waals surface area contributed by atoms with E-state index in [-0.39, 0.29) is 11.7 Å². The van der Waals surface area contributed by atoms with Gasteiger partial charge in [0.05, 0.1) is 16.2 Å². The predicted octanol–water partition coefficient (Wildman–Crippen LogP) is 2.78. The van der Waals surface area contributed by atoms with Gasteiger partial charge in [-0.3, -0.25) is 0 Å². The van der Waals surface area contributed by atoms with Crippen molar-refractivity contribution in [2.24, 2.45) is 10.9 Å². The molecule has 0 aliphatic carbocycles. The van der Waals surface area contributed by atoms with Crippen molar-refractivity contribution in [2.45, 2.75) is 0 Å². The van der Waals surface area contributed by atoms with E-state index in [1.807, 2.05) is 0 Å². The lowest BCUT2D eigenvalue weighted by molar-refractivity contribution is 0.318. The minimum absolute atomic E-state index is 0.116. The lowest BCUT2D eigenvalue weighted by atomic mass is 10.3. The van der Waals surface area contributed by atoms with Gasteiger partial charge in [-0.25, -0.2) is 0 Å². The number of rotatable bonds is 3. The molecule has 3 N–H and O–H groups in total. The lowest BCUT2D eigenvalue weighted by Crippen LogP contribution is -2.15. The van der Waals surface area contributed by atoms with Gasteiger partial charge in [0.2, 0.25) is 5.88 Å². The number of ether oxygens (including phenoxy) is 1. The first-order valence-electron chi connectivity index (χ1n) is 5.04. The van der Waals surface area contributed by atoms with Gasteiger partial charge < -0.3 is 15.7 Å². The summed E-state index contributed by atoms with van der Waals surface area (Å²) >= 11 is 9.15. The van der Waals surface area contributed by atoms with Crippen molar-refractivity contribution in [2.75, 3.05) is 0 Å². The van der Waals surface area contributed by atoms with Crippen LogP contribution in [0.25, 0.3) is 0 Å². The van der Waals surface area contributed by atoms with Crippen LogP contribution in [0.3, 0.4) is 0 Å². The fraction of sp³-hybridized carbons (Fsp3) is 0. The summed E-state index contributed by atoms with van der Waals surface area (Å²) in [5.74, 6) is 0.493. The highest BCUT2D eigenvalue weighted by Gasteiger charge is 2.12. The Morgan fingerprint density at radius 1 is 1.42 bits per heavy atom. The molecule has 6 nitrogen and oxygen atoms in total. The molecule has 0 radical (unpaired) electrons. The molecule has 0 bridgehead atoms. The van der Waals surface area contributed by atoms with Crippen LogP contribution in [-0.4, -0.2) is 21.2 Å². The summed E-state index contributed by atoms with van der Waals surface area (Å²) in [5, 5.41) is 19.7. The summed E-state index contributed by atoms with van der Waals surface area (Å²) in [4.78, 5) is 0. The zero-order valence-corrected chi connectivity index (χ0v) is 11.8. The molecule has 2 aromatic rings. The third kappa shape index (κ3) is 3.12. The topological polar surface area (TPSA) is 93.6 Å². The van der Waals surface area contributed by atoms with Gasteiger partial charge in [-0.15, -0.1) is 5.10 Å². The normalized spacial score (nSPS) is 11.4. The van der Waals surface area contributed by atoms with Gasteiger partial charge >= 0.3 is 0 Å². The Labute approximate surface area is 122 Å². The first-order chi connectivity index (χ1) is 9.11. The third-order valence-corrected chi connectivity index (χ3v) is 3.03. The molecule has 19 heavy (non-hydrogen) atoms. The van der Waals surface area contributed by atoms with Gasteiger partial charge in [0, 0.05) is 5.02 Å². The smallest absolute Gasteiger partial charge is 0.250 e. The fourth-order valence-corrected chi connectivity index (χ4v) is 2.07. The maximum absolute atomic E-state index is 8.70. The van der Waals surface area contributed by atoms with E-state index in [0.717, 1.165) is 0 Å². The summed E-state index contributed by atoms with van der Waals surface area (Å²) < 4.78 is 6.22. The third-order valence-electron chi connectivity index (χ3n) is 2.17. The Hall–Kier alpha value is -1.86. The number of halogens is 2. The quantitative estimate of drug-likeness (QED) is 0.387. The van der Waals surface area contributed by atoms with Crippen molar-refractivity contribution in [3.8, 4) is 11.6 Å². The summed E-state index contributed by atoms with van der Waals surface area (Å²) in [6, 6.07) is 6.54. The van der Waals surface area contributed by atoms with E-state index in [0.29, 0.717) is 20.8 Å². The Bertz CT molecular complexity index is 636. The molecular formula is C11H8BrClN4O2. The van der Waals surface area contributed by atoms with Crippen molar-refractivity contribution >= 4 is 33.4 Å². The van der Waals surface area contributed by atoms with Crippen molar-refractivity contribution in [1.82, 2.24) is 10.2 Å². The molecule has 1 aromatic heterocycles. The van der Waals surface area contributed by atoms with Crippen molar-refractivity contribution in [3.63, 3.8) is 0 Å². The van der Waals surface area contributed by atoms with Gasteiger partial charge in [0.15, 0.2) is 5.84 Å². The van der Waals surface area contributed by atoms with Crippen LogP contribution in [0.2, 0.25) is 5.02 Å². The van der Waals surface area contributed by atoms with Gasteiger partial charge in [0.25, 0.3) is 0 Å². The van der Waals surface area contributed by atoms with Crippen LogP contribution in [0, 0.1) is 0 Å². The molecule has 0 spiro atoms. The summed E-state index contributed by atoms with van der Waals surface area (Å²) in [6.45, 7) is 0. The SMILES string of the molecule is N/C(=N/O)c1ccnnc1Oc1ccc(Cl)cc1Br. The Balaban J connectivity index is 2.38. The molecule has 0 saturated carbocycles. The minimum atomic E-state index is -0.116. The van der Waals surface area contributed by atoms with E-state index in [4.69, 9.17) is 27.3 Å².